The zero-order chi connectivity index (χ0) is 10.7. The van der Waals surface area contributed by atoms with E-state index in [1.54, 1.807) is 0 Å². The van der Waals surface area contributed by atoms with Gasteiger partial charge in [0.2, 0.25) is 0 Å². The summed E-state index contributed by atoms with van der Waals surface area (Å²) in [6.07, 6.45) is 9.81. The van der Waals surface area contributed by atoms with Gasteiger partial charge in [-0.3, -0.25) is 4.79 Å². The first kappa shape index (κ1) is 10.9. The molecule has 0 aromatic heterocycles. The van der Waals surface area contributed by atoms with Gasteiger partial charge < -0.3 is 10.5 Å². The summed E-state index contributed by atoms with van der Waals surface area (Å²) in [6.45, 7) is 0. The predicted molar refractivity (Wildman–Crippen MR) is 58.4 cm³/mol. The van der Waals surface area contributed by atoms with Crippen LogP contribution < -0.4 is 5.73 Å². The average molecular weight is 211 g/mol. The Bertz CT molecular complexity index is 228. The van der Waals surface area contributed by atoms with Gasteiger partial charge in [0.15, 0.2) is 0 Å². The summed E-state index contributed by atoms with van der Waals surface area (Å²) < 4.78 is 5.51. The van der Waals surface area contributed by atoms with Crippen molar-refractivity contribution in [1.29, 1.82) is 0 Å². The molecule has 86 valence electrons. The zero-order valence-electron chi connectivity index (χ0n) is 9.34. The number of rotatable bonds is 2. The fraction of sp³-hybridized carbons (Fsp3) is 0.917. The number of carbonyl (C=O) groups is 1. The van der Waals surface area contributed by atoms with E-state index in [-0.39, 0.29) is 12.1 Å². The van der Waals surface area contributed by atoms with Crippen molar-refractivity contribution in [2.24, 2.45) is 5.73 Å². The summed E-state index contributed by atoms with van der Waals surface area (Å²) in [5, 5.41) is 0. The molecule has 2 aliphatic rings. The Morgan fingerprint density at radius 3 is 2.13 bits per heavy atom. The lowest BCUT2D eigenvalue weighted by Crippen LogP contribution is -2.55. The fourth-order valence-electron chi connectivity index (χ4n) is 2.39. The van der Waals surface area contributed by atoms with E-state index in [4.69, 9.17) is 10.5 Å². The van der Waals surface area contributed by atoms with Gasteiger partial charge in [-0.05, 0) is 44.9 Å². The first-order valence-electron chi connectivity index (χ1n) is 6.21. The Labute approximate surface area is 91.4 Å². The predicted octanol–water partition coefficient (Wildman–Crippen LogP) is 2.13. The average Bonchev–Trinajstić information content (AvgIpc) is 2.42. The third-order valence-electron chi connectivity index (χ3n) is 3.73. The molecule has 2 N–H and O–H groups in total. The minimum Gasteiger partial charge on any atom is -0.461 e. The van der Waals surface area contributed by atoms with Crippen molar-refractivity contribution in [2.75, 3.05) is 0 Å². The van der Waals surface area contributed by atoms with Gasteiger partial charge in [-0.15, -0.1) is 0 Å². The van der Waals surface area contributed by atoms with Crippen LogP contribution in [0.25, 0.3) is 0 Å². The summed E-state index contributed by atoms with van der Waals surface area (Å²) in [5.41, 5.74) is 5.30. The van der Waals surface area contributed by atoms with E-state index in [1.807, 2.05) is 0 Å². The monoisotopic (exact) mass is 211 g/mol. The molecule has 3 nitrogen and oxygen atoms in total. The highest BCUT2D eigenvalue weighted by molar-refractivity contribution is 5.81. The lowest BCUT2D eigenvalue weighted by molar-refractivity contribution is -0.159. The fourth-order valence-corrected chi connectivity index (χ4v) is 2.39. The van der Waals surface area contributed by atoms with Gasteiger partial charge in [-0.1, -0.05) is 12.8 Å². The topological polar surface area (TPSA) is 52.3 Å². The Morgan fingerprint density at radius 2 is 1.67 bits per heavy atom. The molecule has 0 heterocycles. The van der Waals surface area contributed by atoms with Crippen molar-refractivity contribution in [2.45, 2.75) is 69.4 Å². The molecule has 15 heavy (non-hydrogen) atoms. The SMILES string of the molecule is NC1(C(=O)OC2CCCCCC2)CCC1. The third kappa shape index (κ3) is 2.51. The molecule has 0 atom stereocenters. The second-order valence-electron chi connectivity index (χ2n) is 5.03. The van der Waals surface area contributed by atoms with Crippen molar-refractivity contribution in [3.63, 3.8) is 0 Å². The van der Waals surface area contributed by atoms with Crippen LogP contribution in [0.1, 0.15) is 57.8 Å². The molecular formula is C12H21NO2. The summed E-state index contributed by atoms with van der Waals surface area (Å²) in [6, 6.07) is 0. The van der Waals surface area contributed by atoms with Crippen molar-refractivity contribution in [3.05, 3.63) is 0 Å². The van der Waals surface area contributed by atoms with Crippen molar-refractivity contribution in [3.8, 4) is 0 Å². The van der Waals surface area contributed by atoms with Crippen LogP contribution >= 0.6 is 0 Å². The Morgan fingerprint density at radius 1 is 1.07 bits per heavy atom. The lowest BCUT2D eigenvalue weighted by atomic mass is 9.78. The zero-order valence-corrected chi connectivity index (χ0v) is 9.34. The minimum absolute atomic E-state index is 0.140. The molecule has 2 aliphatic carbocycles. The highest BCUT2D eigenvalue weighted by atomic mass is 16.5. The second-order valence-corrected chi connectivity index (χ2v) is 5.03. The molecule has 0 aromatic rings. The molecule has 3 heteroatoms. The normalized spacial score (nSPS) is 26.5. The molecule has 2 rings (SSSR count). The van der Waals surface area contributed by atoms with Crippen molar-refractivity contribution in [1.82, 2.24) is 0 Å². The maximum Gasteiger partial charge on any atom is 0.326 e. The molecule has 0 bridgehead atoms. The molecular weight excluding hydrogens is 190 g/mol. The largest absolute Gasteiger partial charge is 0.461 e. The highest BCUT2D eigenvalue weighted by Gasteiger charge is 2.42. The van der Waals surface area contributed by atoms with Crippen LogP contribution in [0.15, 0.2) is 0 Å². The molecule has 0 aromatic carbocycles. The van der Waals surface area contributed by atoms with Crippen LogP contribution in [0.3, 0.4) is 0 Å². The maximum absolute atomic E-state index is 11.8. The van der Waals surface area contributed by atoms with Crippen LogP contribution in [-0.2, 0) is 9.53 Å². The van der Waals surface area contributed by atoms with Crippen LogP contribution in [0.4, 0.5) is 0 Å². The molecule has 0 aliphatic heterocycles. The van der Waals surface area contributed by atoms with Crippen LogP contribution in [0.5, 0.6) is 0 Å². The van der Waals surface area contributed by atoms with Gasteiger partial charge in [0, 0.05) is 0 Å². The van der Waals surface area contributed by atoms with E-state index in [0.717, 1.165) is 32.1 Å². The van der Waals surface area contributed by atoms with E-state index in [0.29, 0.717) is 0 Å². The second kappa shape index (κ2) is 4.52. The first-order valence-corrected chi connectivity index (χ1v) is 6.21. The number of nitrogens with two attached hydrogens (primary N) is 1. The Kier molecular flexibility index (Phi) is 3.29. The van der Waals surface area contributed by atoms with Gasteiger partial charge >= 0.3 is 5.97 Å². The van der Waals surface area contributed by atoms with Crippen LogP contribution in [0, 0.1) is 0 Å². The molecule has 0 radical (unpaired) electrons. The minimum atomic E-state index is -0.633. The van der Waals surface area contributed by atoms with Gasteiger partial charge in [-0.2, -0.15) is 0 Å². The van der Waals surface area contributed by atoms with Crippen LogP contribution in [-0.4, -0.2) is 17.6 Å². The van der Waals surface area contributed by atoms with E-state index < -0.39 is 5.54 Å². The molecule has 0 spiro atoms. The van der Waals surface area contributed by atoms with E-state index >= 15 is 0 Å². The number of esters is 1. The molecule has 0 saturated heterocycles. The smallest absolute Gasteiger partial charge is 0.326 e. The number of hydrogen-bond donors (Lipinski definition) is 1. The van der Waals surface area contributed by atoms with E-state index in [2.05, 4.69) is 0 Å². The molecule has 2 saturated carbocycles. The van der Waals surface area contributed by atoms with Crippen LogP contribution in [0.2, 0.25) is 0 Å². The molecule has 2 fully saturated rings. The highest BCUT2D eigenvalue weighted by Crippen LogP contribution is 2.31. The van der Waals surface area contributed by atoms with E-state index in [1.165, 1.54) is 25.7 Å². The van der Waals surface area contributed by atoms with Crippen molar-refractivity contribution < 1.29 is 9.53 Å². The van der Waals surface area contributed by atoms with Gasteiger partial charge in [0.1, 0.15) is 11.6 Å². The Balaban J connectivity index is 1.82. The summed E-state index contributed by atoms with van der Waals surface area (Å²) in [5.74, 6) is -0.152. The molecule has 0 unspecified atom stereocenters. The summed E-state index contributed by atoms with van der Waals surface area (Å²) in [4.78, 5) is 11.8. The summed E-state index contributed by atoms with van der Waals surface area (Å²) >= 11 is 0. The Hall–Kier alpha value is -0.570. The quantitative estimate of drug-likeness (QED) is 0.562. The number of ether oxygens (including phenoxy) is 1. The third-order valence-corrected chi connectivity index (χ3v) is 3.73. The lowest BCUT2D eigenvalue weighted by Gasteiger charge is -2.36. The van der Waals surface area contributed by atoms with Gasteiger partial charge in [0.05, 0.1) is 0 Å². The standard InChI is InChI=1S/C12H21NO2/c13-12(8-5-9-12)11(14)15-10-6-3-1-2-4-7-10/h10H,1-9,13H2. The maximum atomic E-state index is 11.8. The van der Waals surface area contributed by atoms with E-state index in [9.17, 15) is 4.79 Å². The van der Waals surface area contributed by atoms with Crippen molar-refractivity contribution >= 4 is 5.97 Å². The number of carbonyl (C=O) groups excluding carboxylic acids is 1. The van der Waals surface area contributed by atoms with Gasteiger partial charge in [-0.25, -0.2) is 0 Å². The first-order chi connectivity index (χ1) is 7.21. The number of hydrogen-bond acceptors (Lipinski definition) is 3. The molecule has 0 amide bonds. The summed E-state index contributed by atoms with van der Waals surface area (Å²) in [7, 11) is 0. The van der Waals surface area contributed by atoms with Gasteiger partial charge in [0.25, 0.3) is 0 Å².